The quantitative estimate of drug-likeness (QED) is 0.716. The Kier molecular flexibility index (Phi) is 4.58. The molecule has 0 atom stereocenters. The van der Waals surface area contributed by atoms with Gasteiger partial charge in [0.2, 0.25) is 5.91 Å². The lowest BCUT2D eigenvalue weighted by Crippen LogP contribution is -2.33. The molecule has 2 amide bonds. The Morgan fingerprint density at radius 1 is 1.21 bits per heavy atom. The topological polar surface area (TPSA) is 88.9 Å². The number of aromatic nitrogens is 3. The molecule has 28 heavy (non-hydrogen) atoms. The molecular formula is C21H23N5O2. The number of benzene rings is 1. The van der Waals surface area contributed by atoms with Gasteiger partial charge in [0.1, 0.15) is 0 Å². The van der Waals surface area contributed by atoms with Crippen LogP contribution in [0, 0.1) is 13.8 Å². The summed E-state index contributed by atoms with van der Waals surface area (Å²) in [7, 11) is 1.83. The van der Waals surface area contributed by atoms with Gasteiger partial charge in [-0.1, -0.05) is 18.2 Å². The number of hydrogen-bond acceptors (Lipinski definition) is 4. The third kappa shape index (κ3) is 3.47. The predicted octanol–water partition coefficient (Wildman–Crippen LogP) is 2.83. The van der Waals surface area contributed by atoms with Crippen LogP contribution in [-0.4, -0.2) is 33.1 Å². The van der Waals surface area contributed by atoms with Crippen molar-refractivity contribution in [3.05, 3.63) is 53.0 Å². The van der Waals surface area contributed by atoms with E-state index in [1.807, 2.05) is 51.2 Å². The van der Waals surface area contributed by atoms with E-state index in [0.717, 1.165) is 40.8 Å². The Balaban J connectivity index is 1.50. The van der Waals surface area contributed by atoms with Crippen molar-refractivity contribution in [3.8, 4) is 0 Å². The molecule has 2 aromatic heterocycles. The van der Waals surface area contributed by atoms with Gasteiger partial charge in [0.25, 0.3) is 5.91 Å². The molecule has 1 aliphatic rings. The monoisotopic (exact) mass is 377 g/mol. The van der Waals surface area contributed by atoms with E-state index in [0.29, 0.717) is 17.2 Å². The summed E-state index contributed by atoms with van der Waals surface area (Å²) in [5.74, 6) is -0.111. The van der Waals surface area contributed by atoms with Gasteiger partial charge in [0.15, 0.2) is 0 Å². The molecule has 3 aromatic rings. The smallest absolute Gasteiger partial charge is 0.252 e. The number of hydrogen-bond donors (Lipinski definition) is 2. The number of amides is 2. The minimum absolute atomic E-state index is 0.109. The maximum atomic E-state index is 12.8. The third-order valence-electron chi connectivity index (χ3n) is 5.16. The zero-order chi connectivity index (χ0) is 19.8. The summed E-state index contributed by atoms with van der Waals surface area (Å²) in [6.07, 6.45) is 2.22. The molecule has 0 aliphatic heterocycles. The van der Waals surface area contributed by atoms with Gasteiger partial charge in [-0.15, -0.1) is 0 Å². The van der Waals surface area contributed by atoms with Crippen LogP contribution in [0.3, 0.4) is 0 Å². The second kappa shape index (κ2) is 7.07. The molecule has 0 unspecified atom stereocenters. The van der Waals surface area contributed by atoms with E-state index in [4.69, 9.17) is 0 Å². The lowest BCUT2D eigenvalue weighted by atomic mass is 10.1. The molecular weight excluding hydrogens is 354 g/mol. The Bertz CT molecular complexity index is 1080. The highest BCUT2D eigenvalue weighted by Crippen LogP contribution is 2.40. The van der Waals surface area contributed by atoms with Crippen LogP contribution in [0.1, 0.15) is 46.2 Å². The lowest BCUT2D eigenvalue weighted by Gasteiger charge is -2.11. The van der Waals surface area contributed by atoms with Crippen LogP contribution in [0.4, 0.5) is 5.69 Å². The number of carbonyl (C=O) groups is 2. The van der Waals surface area contributed by atoms with E-state index in [1.165, 1.54) is 0 Å². The summed E-state index contributed by atoms with van der Waals surface area (Å²) >= 11 is 0. The SMILES string of the molecule is Cc1nn(C)c(C)c1NC(=O)CNC(=O)c1cc(C2CC2)nc2ccccc12. The van der Waals surface area contributed by atoms with Gasteiger partial charge in [0, 0.05) is 24.0 Å². The molecule has 0 bridgehead atoms. The van der Waals surface area contributed by atoms with Crippen molar-refractivity contribution in [1.82, 2.24) is 20.1 Å². The number of nitrogens with zero attached hydrogens (tertiary/aromatic N) is 3. The molecule has 7 nitrogen and oxygen atoms in total. The summed E-state index contributed by atoms with van der Waals surface area (Å²) in [5, 5.41) is 10.6. The van der Waals surface area contributed by atoms with Crippen molar-refractivity contribution in [2.75, 3.05) is 11.9 Å². The molecule has 2 heterocycles. The standard InChI is InChI=1S/C21H23N5O2/c1-12-20(13(2)26(3)25-12)24-19(27)11-22-21(28)16-10-18(14-8-9-14)23-17-7-5-4-6-15(16)17/h4-7,10,14H,8-9,11H2,1-3H3,(H,22,28)(H,24,27). The van der Waals surface area contributed by atoms with Crippen LogP contribution in [0.5, 0.6) is 0 Å². The van der Waals surface area contributed by atoms with Gasteiger partial charge in [-0.2, -0.15) is 5.10 Å². The number of aryl methyl sites for hydroxylation is 2. The minimum Gasteiger partial charge on any atom is -0.343 e. The molecule has 1 aromatic carbocycles. The first-order chi connectivity index (χ1) is 13.4. The number of fused-ring (bicyclic) bond motifs is 1. The minimum atomic E-state index is -0.284. The number of pyridine rings is 1. The third-order valence-corrected chi connectivity index (χ3v) is 5.16. The summed E-state index contributed by atoms with van der Waals surface area (Å²) in [6, 6.07) is 9.47. The van der Waals surface area contributed by atoms with Gasteiger partial charge in [0.05, 0.1) is 34.7 Å². The fraction of sp³-hybridized carbons (Fsp3) is 0.333. The average Bonchev–Trinajstić information content (AvgIpc) is 3.50. The van der Waals surface area contributed by atoms with E-state index < -0.39 is 0 Å². The first-order valence-corrected chi connectivity index (χ1v) is 9.42. The molecule has 1 fully saturated rings. The maximum absolute atomic E-state index is 12.8. The molecule has 4 rings (SSSR count). The van der Waals surface area contributed by atoms with Crippen LogP contribution in [0.2, 0.25) is 0 Å². The zero-order valence-electron chi connectivity index (χ0n) is 16.2. The molecule has 0 radical (unpaired) electrons. The Labute approximate surface area is 163 Å². The molecule has 2 N–H and O–H groups in total. The summed E-state index contributed by atoms with van der Waals surface area (Å²) in [6.45, 7) is 3.61. The Morgan fingerprint density at radius 2 is 1.96 bits per heavy atom. The van der Waals surface area contributed by atoms with Gasteiger partial charge in [-0.3, -0.25) is 19.3 Å². The Morgan fingerprint density at radius 3 is 2.64 bits per heavy atom. The molecule has 7 heteroatoms. The molecule has 144 valence electrons. The second-order valence-corrected chi connectivity index (χ2v) is 7.29. The molecule has 1 saturated carbocycles. The van der Waals surface area contributed by atoms with Crippen molar-refractivity contribution in [1.29, 1.82) is 0 Å². The molecule has 0 spiro atoms. The van der Waals surface area contributed by atoms with Crippen molar-refractivity contribution >= 4 is 28.4 Å². The largest absolute Gasteiger partial charge is 0.343 e. The highest BCUT2D eigenvalue weighted by atomic mass is 16.2. The highest BCUT2D eigenvalue weighted by Gasteiger charge is 2.27. The second-order valence-electron chi connectivity index (χ2n) is 7.29. The van der Waals surface area contributed by atoms with E-state index in [9.17, 15) is 9.59 Å². The van der Waals surface area contributed by atoms with Gasteiger partial charge < -0.3 is 10.6 Å². The summed E-state index contributed by atoms with van der Waals surface area (Å²) < 4.78 is 1.71. The zero-order valence-corrected chi connectivity index (χ0v) is 16.2. The van der Waals surface area contributed by atoms with Crippen LogP contribution >= 0.6 is 0 Å². The Hall–Kier alpha value is -3.22. The summed E-state index contributed by atoms with van der Waals surface area (Å²) in [4.78, 5) is 29.8. The number of rotatable bonds is 5. The van der Waals surface area contributed by atoms with Crippen molar-refractivity contribution < 1.29 is 9.59 Å². The molecule has 1 aliphatic carbocycles. The van der Waals surface area contributed by atoms with Gasteiger partial charge >= 0.3 is 0 Å². The van der Waals surface area contributed by atoms with Crippen molar-refractivity contribution in [2.24, 2.45) is 7.05 Å². The number of carbonyl (C=O) groups excluding carboxylic acids is 2. The first kappa shape index (κ1) is 18.2. The average molecular weight is 377 g/mol. The molecule has 0 saturated heterocycles. The normalized spacial score (nSPS) is 13.5. The van der Waals surface area contributed by atoms with Gasteiger partial charge in [-0.05, 0) is 38.8 Å². The van der Waals surface area contributed by atoms with Crippen LogP contribution < -0.4 is 10.6 Å². The summed E-state index contributed by atoms with van der Waals surface area (Å²) in [5.41, 5.74) is 4.62. The van der Waals surface area contributed by atoms with E-state index in [2.05, 4.69) is 20.7 Å². The van der Waals surface area contributed by atoms with Crippen molar-refractivity contribution in [3.63, 3.8) is 0 Å². The van der Waals surface area contributed by atoms with Gasteiger partial charge in [-0.25, -0.2) is 0 Å². The van der Waals surface area contributed by atoms with Crippen LogP contribution in [0.25, 0.3) is 10.9 Å². The van der Waals surface area contributed by atoms with Crippen molar-refractivity contribution in [2.45, 2.75) is 32.6 Å². The predicted molar refractivity (Wildman–Crippen MR) is 107 cm³/mol. The fourth-order valence-electron chi connectivity index (χ4n) is 3.37. The number of nitrogens with one attached hydrogen (secondary N) is 2. The number of anilines is 1. The maximum Gasteiger partial charge on any atom is 0.252 e. The van der Waals surface area contributed by atoms with E-state index in [1.54, 1.807) is 4.68 Å². The van der Waals surface area contributed by atoms with Crippen LogP contribution in [0.15, 0.2) is 30.3 Å². The van der Waals surface area contributed by atoms with E-state index in [-0.39, 0.29) is 18.4 Å². The van der Waals surface area contributed by atoms with Crippen LogP contribution in [-0.2, 0) is 11.8 Å². The highest BCUT2D eigenvalue weighted by molar-refractivity contribution is 6.07. The lowest BCUT2D eigenvalue weighted by molar-refractivity contribution is -0.115. The number of para-hydroxylation sites is 1. The van der Waals surface area contributed by atoms with E-state index >= 15 is 0 Å². The fourth-order valence-corrected chi connectivity index (χ4v) is 3.37. The first-order valence-electron chi connectivity index (χ1n) is 9.42.